The zero-order valence-electron chi connectivity index (χ0n) is 10.3. The zero-order valence-corrected chi connectivity index (χ0v) is 12.7. The summed E-state index contributed by atoms with van der Waals surface area (Å²) in [5, 5.41) is 7.44. The lowest BCUT2D eigenvalue weighted by molar-refractivity contribution is 0.728. The fourth-order valence-corrected chi connectivity index (χ4v) is 3.45. The van der Waals surface area contributed by atoms with E-state index < -0.39 is 0 Å². The smallest absolute Gasteiger partial charge is 0.130 e. The van der Waals surface area contributed by atoms with Gasteiger partial charge in [-0.05, 0) is 18.4 Å². The van der Waals surface area contributed by atoms with Crippen LogP contribution in [0.5, 0.6) is 0 Å². The van der Waals surface area contributed by atoms with E-state index in [1.807, 2.05) is 11.7 Å². The summed E-state index contributed by atoms with van der Waals surface area (Å²) in [5.74, 6) is 1.19. The van der Waals surface area contributed by atoms with Gasteiger partial charge in [-0.1, -0.05) is 22.0 Å². The van der Waals surface area contributed by atoms with E-state index >= 15 is 0 Å². The molecule has 0 aliphatic heterocycles. The standard InChI is InChI=1S/C12H16BrN3S/c1-9-11(7-13)12(16(3)14-9)15(2)8-10-5-4-6-17-10/h4-6H,7-8H2,1-3H3. The highest BCUT2D eigenvalue weighted by molar-refractivity contribution is 9.08. The molecule has 0 spiro atoms. The van der Waals surface area contributed by atoms with Crippen LogP contribution in [0.4, 0.5) is 5.82 Å². The quantitative estimate of drug-likeness (QED) is 0.807. The van der Waals surface area contributed by atoms with Gasteiger partial charge in [0.05, 0.1) is 12.2 Å². The van der Waals surface area contributed by atoms with Gasteiger partial charge in [-0.25, -0.2) is 0 Å². The van der Waals surface area contributed by atoms with E-state index in [0.717, 1.165) is 17.6 Å². The van der Waals surface area contributed by atoms with Crippen molar-refractivity contribution in [2.75, 3.05) is 11.9 Å². The first-order chi connectivity index (χ1) is 8.13. The Labute approximate surface area is 114 Å². The van der Waals surface area contributed by atoms with Crippen LogP contribution < -0.4 is 4.90 Å². The molecule has 0 radical (unpaired) electrons. The number of rotatable bonds is 4. The first-order valence-electron chi connectivity index (χ1n) is 5.45. The lowest BCUT2D eigenvalue weighted by atomic mass is 10.2. The molecule has 3 nitrogen and oxygen atoms in total. The number of aryl methyl sites for hydroxylation is 2. The molecule has 2 rings (SSSR count). The highest BCUT2D eigenvalue weighted by Crippen LogP contribution is 2.26. The molecular formula is C12H16BrN3S. The van der Waals surface area contributed by atoms with E-state index in [1.54, 1.807) is 11.3 Å². The molecule has 0 aliphatic carbocycles. The minimum atomic E-state index is 0.844. The molecule has 0 saturated heterocycles. The van der Waals surface area contributed by atoms with Gasteiger partial charge in [-0.3, -0.25) is 4.68 Å². The van der Waals surface area contributed by atoms with E-state index in [1.165, 1.54) is 16.3 Å². The second-order valence-corrected chi connectivity index (χ2v) is 5.67. The van der Waals surface area contributed by atoms with Crippen molar-refractivity contribution in [3.63, 3.8) is 0 Å². The number of aromatic nitrogens is 2. The van der Waals surface area contributed by atoms with E-state index in [4.69, 9.17) is 0 Å². The fraction of sp³-hybridized carbons (Fsp3) is 0.417. The van der Waals surface area contributed by atoms with Crippen LogP contribution in [0.1, 0.15) is 16.1 Å². The maximum atomic E-state index is 4.48. The van der Waals surface area contributed by atoms with Crippen molar-refractivity contribution in [3.8, 4) is 0 Å². The molecule has 0 amide bonds. The van der Waals surface area contributed by atoms with E-state index in [2.05, 4.69) is 57.4 Å². The predicted molar refractivity (Wildman–Crippen MR) is 77.0 cm³/mol. The van der Waals surface area contributed by atoms with E-state index in [9.17, 15) is 0 Å². The highest BCUT2D eigenvalue weighted by Gasteiger charge is 2.16. The summed E-state index contributed by atoms with van der Waals surface area (Å²) in [6.45, 7) is 2.98. The molecule has 0 aliphatic rings. The summed E-state index contributed by atoms with van der Waals surface area (Å²) < 4.78 is 1.96. The van der Waals surface area contributed by atoms with Gasteiger partial charge in [0.1, 0.15) is 5.82 Å². The second kappa shape index (κ2) is 5.23. The molecular weight excluding hydrogens is 298 g/mol. The molecule has 2 aromatic heterocycles. The summed E-state index contributed by atoms with van der Waals surface area (Å²) in [6, 6.07) is 4.26. The van der Waals surface area contributed by atoms with Gasteiger partial charge in [0.25, 0.3) is 0 Å². The van der Waals surface area contributed by atoms with Crippen molar-refractivity contribution in [1.29, 1.82) is 0 Å². The Balaban J connectivity index is 2.27. The minimum Gasteiger partial charge on any atom is -0.354 e. The van der Waals surface area contributed by atoms with Crippen LogP contribution in [0.15, 0.2) is 17.5 Å². The van der Waals surface area contributed by atoms with E-state index in [-0.39, 0.29) is 0 Å². The lowest BCUT2D eigenvalue weighted by Crippen LogP contribution is -2.19. The molecule has 0 atom stereocenters. The van der Waals surface area contributed by atoms with Gasteiger partial charge in [0, 0.05) is 29.9 Å². The Kier molecular flexibility index (Phi) is 3.89. The summed E-state index contributed by atoms with van der Waals surface area (Å²) >= 11 is 5.33. The Morgan fingerprint density at radius 1 is 1.53 bits per heavy atom. The van der Waals surface area contributed by atoms with Crippen LogP contribution in [0, 0.1) is 6.92 Å². The van der Waals surface area contributed by atoms with Gasteiger partial charge >= 0.3 is 0 Å². The number of nitrogens with zero attached hydrogens (tertiary/aromatic N) is 3. The number of anilines is 1. The molecule has 17 heavy (non-hydrogen) atoms. The normalized spacial score (nSPS) is 10.8. The maximum absolute atomic E-state index is 4.48. The van der Waals surface area contributed by atoms with E-state index in [0.29, 0.717) is 0 Å². The Morgan fingerprint density at radius 3 is 2.88 bits per heavy atom. The van der Waals surface area contributed by atoms with Gasteiger partial charge in [-0.15, -0.1) is 11.3 Å². The highest BCUT2D eigenvalue weighted by atomic mass is 79.9. The lowest BCUT2D eigenvalue weighted by Gasteiger charge is -2.19. The molecule has 0 fully saturated rings. The third-order valence-corrected chi connectivity index (χ3v) is 4.20. The average molecular weight is 314 g/mol. The zero-order chi connectivity index (χ0) is 12.4. The van der Waals surface area contributed by atoms with Gasteiger partial charge in [0.2, 0.25) is 0 Å². The minimum absolute atomic E-state index is 0.844. The van der Waals surface area contributed by atoms with Crippen LogP contribution in [0.25, 0.3) is 0 Å². The van der Waals surface area contributed by atoms with Crippen molar-refractivity contribution >= 4 is 33.1 Å². The van der Waals surface area contributed by atoms with Crippen LogP contribution in [-0.4, -0.2) is 16.8 Å². The largest absolute Gasteiger partial charge is 0.354 e. The SMILES string of the molecule is Cc1nn(C)c(N(C)Cc2cccs2)c1CBr. The number of hydrogen-bond acceptors (Lipinski definition) is 3. The average Bonchev–Trinajstić information content (AvgIpc) is 2.85. The molecule has 5 heteroatoms. The van der Waals surface area contributed by atoms with Gasteiger partial charge < -0.3 is 4.90 Å². The fourth-order valence-electron chi connectivity index (χ4n) is 2.03. The summed E-state index contributed by atoms with van der Waals surface area (Å²) in [6.07, 6.45) is 0. The summed E-state index contributed by atoms with van der Waals surface area (Å²) in [5.41, 5.74) is 2.36. The topological polar surface area (TPSA) is 21.1 Å². The molecule has 0 unspecified atom stereocenters. The second-order valence-electron chi connectivity index (χ2n) is 4.08. The molecule has 0 saturated carbocycles. The molecule has 0 N–H and O–H groups in total. The number of halogens is 1. The van der Waals surface area contributed by atoms with Crippen molar-refractivity contribution < 1.29 is 0 Å². The van der Waals surface area contributed by atoms with Crippen molar-refractivity contribution in [2.45, 2.75) is 18.8 Å². The summed E-state index contributed by atoms with van der Waals surface area (Å²) in [4.78, 5) is 3.62. The first-order valence-corrected chi connectivity index (χ1v) is 7.45. The maximum Gasteiger partial charge on any atom is 0.130 e. The molecule has 2 heterocycles. The molecule has 0 bridgehead atoms. The van der Waals surface area contributed by atoms with Crippen LogP contribution >= 0.6 is 27.3 Å². The summed E-state index contributed by atoms with van der Waals surface area (Å²) in [7, 11) is 4.11. The third kappa shape index (κ3) is 2.55. The number of thiophene rings is 1. The Morgan fingerprint density at radius 2 is 2.29 bits per heavy atom. The number of alkyl halides is 1. The molecule has 92 valence electrons. The van der Waals surface area contributed by atoms with Gasteiger partial charge in [0.15, 0.2) is 0 Å². The Bertz CT molecular complexity index is 490. The molecule has 2 aromatic rings. The van der Waals surface area contributed by atoms with Gasteiger partial charge in [-0.2, -0.15) is 5.10 Å². The number of hydrogen-bond donors (Lipinski definition) is 0. The van der Waals surface area contributed by atoms with Crippen LogP contribution in [0.3, 0.4) is 0 Å². The third-order valence-electron chi connectivity index (χ3n) is 2.78. The van der Waals surface area contributed by atoms with Crippen molar-refractivity contribution in [3.05, 3.63) is 33.6 Å². The monoisotopic (exact) mass is 313 g/mol. The predicted octanol–water partition coefficient (Wildman–Crippen LogP) is 3.32. The Hall–Kier alpha value is -0.810. The molecule has 0 aromatic carbocycles. The van der Waals surface area contributed by atoms with Crippen molar-refractivity contribution in [2.24, 2.45) is 7.05 Å². The van der Waals surface area contributed by atoms with Crippen molar-refractivity contribution in [1.82, 2.24) is 9.78 Å². The van der Waals surface area contributed by atoms with Crippen LogP contribution in [0.2, 0.25) is 0 Å². The van der Waals surface area contributed by atoms with Crippen LogP contribution in [-0.2, 0) is 18.9 Å². The first kappa shape index (κ1) is 12.6.